The van der Waals surface area contributed by atoms with E-state index in [-0.39, 0.29) is 17.8 Å². The Balaban J connectivity index is 2.04. The smallest absolute Gasteiger partial charge is 0.328 e. The SMILES string of the molecule is COC(=O)[C@H](Cc1ccccc1C)NC(=O)C1CCCCC1. The van der Waals surface area contributed by atoms with Crippen LogP contribution in [0.4, 0.5) is 0 Å². The van der Waals surface area contributed by atoms with Gasteiger partial charge < -0.3 is 10.1 Å². The van der Waals surface area contributed by atoms with Gasteiger partial charge in [-0.3, -0.25) is 4.79 Å². The molecule has 0 unspecified atom stereocenters. The molecule has 120 valence electrons. The van der Waals surface area contributed by atoms with E-state index < -0.39 is 6.04 Å². The molecule has 0 spiro atoms. The number of amides is 1. The molecule has 1 aliphatic rings. The molecule has 0 bridgehead atoms. The van der Waals surface area contributed by atoms with Gasteiger partial charge in [-0.15, -0.1) is 0 Å². The van der Waals surface area contributed by atoms with Gasteiger partial charge in [-0.1, -0.05) is 43.5 Å². The zero-order chi connectivity index (χ0) is 15.9. The van der Waals surface area contributed by atoms with Crippen LogP contribution in [0.2, 0.25) is 0 Å². The molecule has 0 aliphatic heterocycles. The third-order valence-electron chi connectivity index (χ3n) is 4.46. The largest absolute Gasteiger partial charge is 0.467 e. The number of carbonyl (C=O) groups is 2. The average Bonchev–Trinajstić information content (AvgIpc) is 2.56. The number of esters is 1. The maximum Gasteiger partial charge on any atom is 0.328 e. The fourth-order valence-electron chi connectivity index (χ4n) is 3.05. The molecule has 1 amide bonds. The maximum absolute atomic E-state index is 12.4. The molecule has 0 radical (unpaired) electrons. The highest BCUT2D eigenvalue weighted by Crippen LogP contribution is 2.24. The van der Waals surface area contributed by atoms with Gasteiger partial charge in [0.15, 0.2) is 0 Å². The lowest BCUT2D eigenvalue weighted by molar-refractivity contribution is -0.145. The van der Waals surface area contributed by atoms with Crippen LogP contribution in [0, 0.1) is 12.8 Å². The van der Waals surface area contributed by atoms with Crippen molar-refractivity contribution in [1.29, 1.82) is 0 Å². The van der Waals surface area contributed by atoms with Crippen LogP contribution in [0.25, 0.3) is 0 Å². The Kier molecular flexibility index (Phi) is 5.99. The predicted molar refractivity (Wildman–Crippen MR) is 85.4 cm³/mol. The number of rotatable bonds is 5. The maximum atomic E-state index is 12.4. The summed E-state index contributed by atoms with van der Waals surface area (Å²) in [5, 5.41) is 2.90. The summed E-state index contributed by atoms with van der Waals surface area (Å²) >= 11 is 0. The first kappa shape index (κ1) is 16.5. The molecule has 1 aromatic carbocycles. The van der Waals surface area contributed by atoms with Crippen molar-refractivity contribution in [3.8, 4) is 0 Å². The van der Waals surface area contributed by atoms with Gasteiger partial charge in [0.05, 0.1) is 7.11 Å². The Morgan fingerprint density at radius 1 is 1.23 bits per heavy atom. The second-order valence-electron chi connectivity index (χ2n) is 6.05. The lowest BCUT2D eigenvalue weighted by Gasteiger charge is -2.24. The van der Waals surface area contributed by atoms with Gasteiger partial charge in [0.2, 0.25) is 5.91 Å². The fraction of sp³-hybridized carbons (Fsp3) is 0.556. The van der Waals surface area contributed by atoms with Crippen LogP contribution < -0.4 is 5.32 Å². The van der Waals surface area contributed by atoms with Gasteiger partial charge in [0, 0.05) is 12.3 Å². The summed E-state index contributed by atoms with van der Waals surface area (Å²) in [5.74, 6) is -0.353. The van der Waals surface area contributed by atoms with E-state index in [9.17, 15) is 9.59 Å². The van der Waals surface area contributed by atoms with Crippen molar-refractivity contribution in [1.82, 2.24) is 5.32 Å². The van der Waals surface area contributed by atoms with Crippen LogP contribution in [-0.2, 0) is 20.7 Å². The molecule has 1 fully saturated rings. The number of hydrogen-bond donors (Lipinski definition) is 1. The molecule has 0 saturated heterocycles. The molecule has 1 N–H and O–H groups in total. The third kappa shape index (κ3) is 4.33. The zero-order valence-corrected chi connectivity index (χ0v) is 13.4. The van der Waals surface area contributed by atoms with E-state index in [2.05, 4.69) is 5.32 Å². The van der Waals surface area contributed by atoms with Gasteiger partial charge in [-0.05, 0) is 30.9 Å². The number of carbonyl (C=O) groups excluding carboxylic acids is 2. The topological polar surface area (TPSA) is 55.4 Å². The van der Waals surface area contributed by atoms with Gasteiger partial charge >= 0.3 is 5.97 Å². The summed E-state index contributed by atoms with van der Waals surface area (Å²) < 4.78 is 4.86. The highest BCUT2D eigenvalue weighted by atomic mass is 16.5. The standard InChI is InChI=1S/C18H25NO3/c1-13-8-6-7-11-15(13)12-16(18(21)22-2)19-17(20)14-9-4-3-5-10-14/h6-8,11,14,16H,3-5,9-10,12H2,1-2H3,(H,19,20)/t16-/m0/s1. The van der Waals surface area contributed by atoms with E-state index in [1.54, 1.807) is 0 Å². The summed E-state index contributed by atoms with van der Waals surface area (Å²) in [5.41, 5.74) is 2.17. The molecular weight excluding hydrogens is 278 g/mol. The molecule has 2 rings (SSSR count). The Morgan fingerprint density at radius 2 is 1.91 bits per heavy atom. The molecule has 1 atom stereocenters. The van der Waals surface area contributed by atoms with E-state index in [4.69, 9.17) is 4.74 Å². The van der Waals surface area contributed by atoms with Crippen LogP contribution in [0.1, 0.15) is 43.2 Å². The van der Waals surface area contributed by atoms with Crippen molar-refractivity contribution in [2.45, 2.75) is 51.5 Å². The highest BCUT2D eigenvalue weighted by molar-refractivity contribution is 5.86. The number of ether oxygens (including phenoxy) is 1. The van der Waals surface area contributed by atoms with Crippen molar-refractivity contribution in [3.63, 3.8) is 0 Å². The van der Waals surface area contributed by atoms with Gasteiger partial charge in [0.1, 0.15) is 6.04 Å². The second-order valence-corrected chi connectivity index (χ2v) is 6.05. The minimum atomic E-state index is -0.611. The first-order valence-electron chi connectivity index (χ1n) is 8.04. The molecule has 1 saturated carbocycles. The van der Waals surface area contributed by atoms with Gasteiger partial charge in [0.25, 0.3) is 0 Å². The van der Waals surface area contributed by atoms with E-state index >= 15 is 0 Å². The van der Waals surface area contributed by atoms with Crippen LogP contribution in [0.3, 0.4) is 0 Å². The summed E-state index contributed by atoms with van der Waals surface area (Å²) in [4.78, 5) is 24.4. The number of hydrogen-bond acceptors (Lipinski definition) is 3. The monoisotopic (exact) mass is 303 g/mol. The summed E-state index contributed by atoms with van der Waals surface area (Å²) in [7, 11) is 1.36. The molecule has 4 heteroatoms. The predicted octanol–water partition coefficient (Wildman–Crippen LogP) is 2.78. The lowest BCUT2D eigenvalue weighted by atomic mass is 9.88. The first-order valence-corrected chi connectivity index (χ1v) is 8.04. The molecule has 0 heterocycles. The molecule has 22 heavy (non-hydrogen) atoms. The van der Waals surface area contributed by atoms with E-state index in [0.717, 1.165) is 36.8 Å². The Morgan fingerprint density at radius 3 is 2.55 bits per heavy atom. The number of aryl methyl sites for hydroxylation is 1. The Hall–Kier alpha value is -1.84. The Labute approximate surface area is 132 Å². The van der Waals surface area contributed by atoms with Crippen LogP contribution in [0.15, 0.2) is 24.3 Å². The van der Waals surface area contributed by atoms with Crippen molar-refractivity contribution in [3.05, 3.63) is 35.4 Å². The first-order chi connectivity index (χ1) is 10.6. The average molecular weight is 303 g/mol. The van der Waals surface area contributed by atoms with E-state index in [1.807, 2.05) is 31.2 Å². The van der Waals surface area contributed by atoms with Gasteiger partial charge in [-0.2, -0.15) is 0 Å². The lowest BCUT2D eigenvalue weighted by Crippen LogP contribution is -2.46. The zero-order valence-electron chi connectivity index (χ0n) is 13.4. The van der Waals surface area contributed by atoms with Gasteiger partial charge in [-0.25, -0.2) is 4.79 Å². The van der Waals surface area contributed by atoms with Crippen LogP contribution in [-0.4, -0.2) is 25.0 Å². The quantitative estimate of drug-likeness (QED) is 0.851. The minimum absolute atomic E-state index is 0.0105. The molecule has 0 aromatic heterocycles. The van der Waals surface area contributed by atoms with Crippen molar-refractivity contribution in [2.24, 2.45) is 5.92 Å². The summed E-state index contributed by atoms with van der Waals surface area (Å²) in [6.45, 7) is 2.01. The number of benzene rings is 1. The van der Waals surface area contributed by atoms with E-state index in [1.165, 1.54) is 13.5 Å². The fourth-order valence-corrected chi connectivity index (χ4v) is 3.05. The van der Waals surface area contributed by atoms with E-state index in [0.29, 0.717) is 6.42 Å². The molecular formula is C18H25NO3. The van der Waals surface area contributed by atoms with Crippen molar-refractivity contribution < 1.29 is 14.3 Å². The Bertz CT molecular complexity index is 521. The van der Waals surface area contributed by atoms with Crippen molar-refractivity contribution >= 4 is 11.9 Å². The van der Waals surface area contributed by atoms with Crippen molar-refractivity contribution in [2.75, 3.05) is 7.11 Å². The molecule has 1 aliphatic carbocycles. The molecule has 4 nitrogen and oxygen atoms in total. The van der Waals surface area contributed by atoms with Crippen LogP contribution in [0.5, 0.6) is 0 Å². The number of nitrogens with one attached hydrogen (secondary N) is 1. The number of methoxy groups -OCH3 is 1. The summed E-state index contributed by atoms with van der Waals surface area (Å²) in [6, 6.07) is 7.29. The summed E-state index contributed by atoms with van der Waals surface area (Å²) in [6.07, 6.45) is 5.71. The highest BCUT2D eigenvalue weighted by Gasteiger charge is 2.27. The normalized spacial score (nSPS) is 16.8. The van der Waals surface area contributed by atoms with Crippen LogP contribution >= 0.6 is 0 Å². The molecule has 1 aromatic rings. The minimum Gasteiger partial charge on any atom is -0.467 e. The second kappa shape index (κ2) is 7.97. The third-order valence-corrected chi connectivity index (χ3v) is 4.46.